The highest BCUT2D eigenvalue weighted by molar-refractivity contribution is 5.98. The number of ether oxygens (including phenoxy) is 6. The van der Waals surface area contributed by atoms with Crippen LogP contribution in [0, 0.1) is 0 Å². The number of hydrogen-bond donors (Lipinski definition) is 12. The lowest BCUT2D eigenvalue weighted by Gasteiger charge is -2.27. The number of nitrogens with two attached hydrogens (primary N) is 2. The summed E-state index contributed by atoms with van der Waals surface area (Å²) in [6.07, 6.45) is 3.83. The molecule has 498 valence electrons. The molecule has 0 radical (unpaired) electrons. The van der Waals surface area contributed by atoms with Crippen LogP contribution in [-0.2, 0) is 60.7 Å². The van der Waals surface area contributed by atoms with E-state index in [9.17, 15) is 48.6 Å². The first kappa shape index (κ1) is 71.7. The standard InChI is InChI=1S/C59H81N17O16/c1-3-21-91-36-43(92-22-4-2)35-76(19-25-89-29-27-87-23-17-62-46(77)15-13-44(56(83)84)70-52(79)37-5-9-39(10-6-37)64-31-41-33-66-50-48(68-41)54(81)74-58(60)72-50)20-26-90-30-28-88-24-18-63-47(78)16-14-45(57(85)86)71-53(80)38-7-11-40(12-8-38)65-32-42-34-67-51-49(69-42)55(82)75-59(61)73-51/h5-12,33-34,43-45,64-65H,3-4,13-32,35-36H2,1-2H3,(H,62,77)(H,63,78)(H,70,79)(H,71,80)(H,83,84)(H,85,86)(H3,60,66,72,74,81)(H3,61,67,73,75,82). The van der Waals surface area contributed by atoms with Crippen molar-refractivity contribution in [1.29, 1.82) is 0 Å². The van der Waals surface area contributed by atoms with Gasteiger partial charge in [-0.15, -0.1) is 0 Å². The number of nitrogens with zero attached hydrogens (tertiary/aromatic N) is 7. The van der Waals surface area contributed by atoms with E-state index < -0.39 is 58.8 Å². The Hall–Kier alpha value is -9.38. The molecule has 3 unspecified atom stereocenters. The number of aliphatic carboxylic acids is 2. The van der Waals surface area contributed by atoms with Crippen LogP contribution in [0.3, 0.4) is 0 Å². The zero-order valence-corrected chi connectivity index (χ0v) is 51.4. The van der Waals surface area contributed by atoms with Gasteiger partial charge in [-0.2, -0.15) is 9.97 Å². The Labute approximate surface area is 528 Å². The average molecular weight is 1280 g/mol. The molecule has 0 saturated carbocycles. The molecule has 0 aliphatic rings. The Morgan fingerprint density at radius 1 is 0.554 bits per heavy atom. The number of rotatable bonds is 45. The van der Waals surface area contributed by atoms with Crippen LogP contribution < -0.4 is 54.5 Å². The van der Waals surface area contributed by atoms with Gasteiger partial charge in [0.05, 0.1) is 102 Å². The minimum atomic E-state index is -1.32. The summed E-state index contributed by atoms with van der Waals surface area (Å²) >= 11 is 0. The van der Waals surface area contributed by atoms with Crippen molar-refractivity contribution in [1.82, 2.24) is 66.0 Å². The molecule has 4 aromatic heterocycles. The Bertz CT molecular complexity index is 3240. The highest BCUT2D eigenvalue weighted by atomic mass is 16.5. The van der Waals surface area contributed by atoms with Crippen LogP contribution in [0.1, 0.15) is 84.5 Å². The molecule has 2 aromatic carbocycles. The fraction of sp³-hybridized carbons (Fsp3) is 0.492. The number of anilines is 4. The number of carboxylic acid groups (broad SMARTS) is 2. The first-order valence-corrected chi connectivity index (χ1v) is 30.0. The molecule has 0 spiro atoms. The zero-order chi connectivity index (χ0) is 66.0. The largest absolute Gasteiger partial charge is 0.480 e. The van der Waals surface area contributed by atoms with Gasteiger partial charge in [-0.1, -0.05) is 13.8 Å². The number of carbonyl (C=O) groups is 6. The van der Waals surface area contributed by atoms with E-state index in [2.05, 4.69) is 76.7 Å². The fourth-order valence-corrected chi connectivity index (χ4v) is 8.64. The number of hydrogen-bond acceptors (Lipinski definition) is 25. The van der Waals surface area contributed by atoms with Crippen LogP contribution >= 0.6 is 0 Å². The third-order valence-corrected chi connectivity index (χ3v) is 13.4. The minimum absolute atomic E-state index is 0.0368. The number of fused-ring (bicyclic) bond motifs is 2. The molecule has 0 fully saturated rings. The molecule has 0 bridgehead atoms. The molecule has 0 saturated heterocycles. The maximum Gasteiger partial charge on any atom is 0.326 e. The molecule has 0 aliphatic carbocycles. The van der Waals surface area contributed by atoms with Crippen molar-refractivity contribution in [2.75, 3.05) is 128 Å². The van der Waals surface area contributed by atoms with Crippen LogP contribution in [0.4, 0.5) is 23.3 Å². The second-order valence-electron chi connectivity index (χ2n) is 20.7. The lowest BCUT2D eigenvalue weighted by Crippen LogP contribution is -2.41. The number of aromatic amines is 2. The molecule has 0 aliphatic heterocycles. The van der Waals surface area contributed by atoms with Gasteiger partial charge >= 0.3 is 11.9 Å². The Kier molecular flexibility index (Phi) is 30.4. The lowest BCUT2D eigenvalue weighted by molar-refractivity contribution is -0.140. The summed E-state index contributed by atoms with van der Waals surface area (Å²) in [7, 11) is 0. The van der Waals surface area contributed by atoms with Crippen molar-refractivity contribution in [3.05, 3.63) is 104 Å². The van der Waals surface area contributed by atoms with Crippen LogP contribution in [0.2, 0.25) is 0 Å². The number of carboxylic acids is 2. The summed E-state index contributed by atoms with van der Waals surface area (Å²) in [5.74, 6) is -4.82. The molecule has 92 heavy (non-hydrogen) atoms. The fourth-order valence-electron chi connectivity index (χ4n) is 8.64. The van der Waals surface area contributed by atoms with Crippen molar-refractivity contribution in [3.63, 3.8) is 0 Å². The second-order valence-corrected chi connectivity index (χ2v) is 20.7. The van der Waals surface area contributed by atoms with E-state index in [4.69, 9.17) is 39.9 Å². The normalized spacial score (nSPS) is 12.3. The number of nitrogens with one attached hydrogen (secondary N) is 8. The Balaban J connectivity index is 0.798. The number of H-pyrrole nitrogens is 2. The number of carbonyl (C=O) groups excluding carboxylic acids is 4. The molecule has 6 rings (SSSR count). The van der Waals surface area contributed by atoms with E-state index in [-0.39, 0.29) is 143 Å². The van der Waals surface area contributed by atoms with Gasteiger partial charge in [-0.05, 0) is 74.2 Å². The maximum absolute atomic E-state index is 13.0. The van der Waals surface area contributed by atoms with Gasteiger partial charge in [0, 0.05) is 81.3 Å². The number of amides is 4. The second kappa shape index (κ2) is 39.0. The number of nitrogen functional groups attached to an aromatic ring is 2. The van der Waals surface area contributed by atoms with Crippen LogP contribution in [-0.4, -0.2) is 214 Å². The van der Waals surface area contributed by atoms with Gasteiger partial charge in [-0.25, -0.2) is 29.5 Å². The monoisotopic (exact) mass is 1280 g/mol. The van der Waals surface area contributed by atoms with Crippen molar-refractivity contribution in [3.8, 4) is 0 Å². The highest BCUT2D eigenvalue weighted by Gasteiger charge is 2.24. The van der Waals surface area contributed by atoms with E-state index in [1.165, 1.54) is 36.7 Å². The third-order valence-electron chi connectivity index (χ3n) is 13.4. The Morgan fingerprint density at radius 2 is 0.978 bits per heavy atom. The molecule has 3 atom stereocenters. The minimum Gasteiger partial charge on any atom is -0.480 e. The van der Waals surface area contributed by atoms with Crippen molar-refractivity contribution < 1.29 is 67.4 Å². The van der Waals surface area contributed by atoms with Crippen molar-refractivity contribution in [2.24, 2.45) is 0 Å². The number of aromatic nitrogens is 8. The van der Waals surface area contributed by atoms with Gasteiger partial charge in [0.15, 0.2) is 22.3 Å². The van der Waals surface area contributed by atoms with Gasteiger partial charge in [0.1, 0.15) is 12.1 Å². The third kappa shape index (κ3) is 25.5. The summed E-state index contributed by atoms with van der Waals surface area (Å²) in [6.45, 7) is 10.3. The first-order valence-electron chi connectivity index (χ1n) is 30.0. The summed E-state index contributed by atoms with van der Waals surface area (Å²) < 4.78 is 35.0. The molecule has 4 heterocycles. The first-order chi connectivity index (χ1) is 44.5. The molecular formula is C59H81N17O16. The van der Waals surface area contributed by atoms with E-state index in [0.717, 1.165) is 12.8 Å². The predicted molar refractivity (Wildman–Crippen MR) is 335 cm³/mol. The molecular weight excluding hydrogens is 1200 g/mol. The summed E-state index contributed by atoms with van der Waals surface area (Å²) in [5, 5.41) is 36.1. The lowest BCUT2D eigenvalue weighted by atomic mass is 10.1. The van der Waals surface area contributed by atoms with Gasteiger partial charge in [-0.3, -0.25) is 43.6 Å². The molecule has 33 nitrogen and oxygen atoms in total. The van der Waals surface area contributed by atoms with Crippen LogP contribution in [0.15, 0.2) is 70.5 Å². The summed E-state index contributed by atoms with van der Waals surface area (Å²) in [5.41, 5.74) is 12.9. The SMILES string of the molecule is CCCOCC(CN(CCOCCOCCNC(=O)CCC(NC(=O)c1ccc(NCc2cnc3nc(N)[nH]c(=O)c3n2)cc1)C(=O)O)CCOCCOCCNC(=O)CCC(NC(=O)c1ccc(NCc2cnc3nc(N)[nH]c(=O)c3n2)cc1)C(=O)O)OCCC. The smallest absolute Gasteiger partial charge is 0.326 e. The van der Waals surface area contributed by atoms with Gasteiger partial charge in [0.25, 0.3) is 22.9 Å². The number of benzene rings is 2. The van der Waals surface area contributed by atoms with E-state index in [1.807, 2.05) is 13.8 Å². The summed E-state index contributed by atoms with van der Waals surface area (Å²) in [6, 6.07) is 9.87. The predicted octanol–water partition coefficient (Wildman–Crippen LogP) is 0.577. The molecule has 4 amide bonds. The van der Waals surface area contributed by atoms with Gasteiger partial charge < -0.3 is 82.0 Å². The van der Waals surface area contributed by atoms with Crippen molar-refractivity contribution in [2.45, 2.75) is 83.6 Å². The molecule has 6 aromatic rings. The molecule has 33 heteroatoms. The van der Waals surface area contributed by atoms with E-state index in [1.54, 1.807) is 24.3 Å². The van der Waals surface area contributed by atoms with Crippen molar-refractivity contribution >= 4 is 81.2 Å². The van der Waals surface area contributed by atoms with E-state index in [0.29, 0.717) is 75.4 Å². The summed E-state index contributed by atoms with van der Waals surface area (Å²) in [4.78, 5) is 131. The average Bonchev–Trinajstić information content (AvgIpc) is 1.53. The Morgan fingerprint density at radius 3 is 1.39 bits per heavy atom. The van der Waals surface area contributed by atoms with Crippen LogP contribution in [0.25, 0.3) is 22.3 Å². The molecule has 14 N–H and O–H groups in total. The zero-order valence-electron chi connectivity index (χ0n) is 51.4. The van der Waals surface area contributed by atoms with Gasteiger partial charge in [0.2, 0.25) is 23.7 Å². The highest BCUT2D eigenvalue weighted by Crippen LogP contribution is 2.15. The topological polar surface area (TPSA) is 469 Å². The van der Waals surface area contributed by atoms with Crippen LogP contribution in [0.5, 0.6) is 0 Å². The van der Waals surface area contributed by atoms with E-state index >= 15 is 0 Å². The maximum atomic E-state index is 13.0. The quantitative estimate of drug-likeness (QED) is 0.0233.